The number of carbonyl (C=O) groups excluding carboxylic acids is 1. The fourth-order valence-electron chi connectivity index (χ4n) is 5.62. The number of nitrogens with one attached hydrogen (secondary N) is 1. The molecule has 0 spiro atoms. The zero-order valence-electron chi connectivity index (χ0n) is 39.5. The van der Waals surface area contributed by atoms with Crippen LogP contribution in [0.15, 0.2) is 134 Å². The molecule has 3 atom stereocenters. The molecule has 0 aromatic rings. The molecule has 3 N–H and O–H groups in total. The highest BCUT2D eigenvalue weighted by atomic mass is 31.2. The number of unbranched alkanes of at least 4 members (excludes halogenated alkanes) is 7. The van der Waals surface area contributed by atoms with Gasteiger partial charge in [0, 0.05) is 6.42 Å². The van der Waals surface area contributed by atoms with Crippen LogP contribution in [-0.4, -0.2) is 73.4 Å². The second-order valence-electron chi connectivity index (χ2n) is 16.4. The quantitative estimate of drug-likeness (QED) is 0.0245. The Balaban J connectivity index is 4.38. The Bertz CT molecular complexity index is 1460. The van der Waals surface area contributed by atoms with E-state index in [0.717, 1.165) is 122 Å². The van der Waals surface area contributed by atoms with E-state index in [2.05, 4.69) is 141 Å². The van der Waals surface area contributed by atoms with Crippen molar-refractivity contribution in [1.29, 1.82) is 0 Å². The average molecular weight is 880 g/mol. The van der Waals surface area contributed by atoms with Crippen LogP contribution < -0.4 is 5.32 Å². The fourth-order valence-corrected chi connectivity index (χ4v) is 6.36. The van der Waals surface area contributed by atoms with Crippen molar-refractivity contribution in [1.82, 2.24) is 5.32 Å². The van der Waals surface area contributed by atoms with Gasteiger partial charge >= 0.3 is 7.82 Å². The third-order valence-corrected chi connectivity index (χ3v) is 10.3. The summed E-state index contributed by atoms with van der Waals surface area (Å²) in [6.07, 6.45) is 65.4. The predicted molar refractivity (Wildman–Crippen MR) is 267 cm³/mol. The van der Waals surface area contributed by atoms with E-state index in [-0.39, 0.29) is 19.1 Å². The lowest BCUT2D eigenvalue weighted by molar-refractivity contribution is -0.870. The van der Waals surface area contributed by atoms with Crippen molar-refractivity contribution >= 4 is 13.7 Å². The first-order chi connectivity index (χ1) is 30.0. The van der Waals surface area contributed by atoms with Crippen LogP contribution >= 0.6 is 7.82 Å². The molecule has 9 heteroatoms. The van der Waals surface area contributed by atoms with Crippen LogP contribution in [0.5, 0.6) is 0 Å². The lowest BCUT2D eigenvalue weighted by Gasteiger charge is -2.25. The summed E-state index contributed by atoms with van der Waals surface area (Å²) in [6, 6.07) is -0.892. The van der Waals surface area contributed by atoms with Crippen molar-refractivity contribution in [3.05, 3.63) is 134 Å². The van der Waals surface area contributed by atoms with Crippen LogP contribution in [0.2, 0.25) is 0 Å². The third-order valence-electron chi connectivity index (χ3n) is 9.31. The van der Waals surface area contributed by atoms with Crippen molar-refractivity contribution in [2.75, 3.05) is 40.9 Å². The molecule has 0 radical (unpaired) electrons. The molecule has 62 heavy (non-hydrogen) atoms. The molecule has 8 nitrogen and oxygen atoms in total. The summed E-state index contributed by atoms with van der Waals surface area (Å²) in [4.78, 5) is 23.1. The number of phosphoric ester groups is 1. The number of nitrogens with zero attached hydrogens (tertiary/aromatic N) is 1. The molecule has 1 amide bonds. The number of likely N-dealkylation sites (N-methyl/N-ethyl adjacent to an activating group) is 1. The number of allylic oxidation sites excluding steroid dienone is 21. The third kappa shape index (κ3) is 44.7. The van der Waals surface area contributed by atoms with Crippen LogP contribution in [-0.2, 0) is 18.4 Å². The fraction of sp³-hybridized carbons (Fsp3) is 0.566. The van der Waals surface area contributed by atoms with Crippen molar-refractivity contribution in [2.24, 2.45) is 0 Å². The molecule has 0 fully saturated rings. The van der Waals surface area contributed by atoms with E-state index in [0.29, 0.717) is 17.4 Å². The van der Waals surface area contributed by atoms with Gasteiger partial charge in [-0.15, -0.1) is 0 Å². The molecule has 3 unspecified atom stereocenters. The normalized spacial score (nSPS) is 15.4. The Hall–Kier alpha value is -3.36. The van der Waals surface area contributed by atoms with Gasteiger partial charge in [0.25, 0.3) is 0 Å². The first-order valence-corrected chi connectivity index (χ1v) is 25.1. The number of amides is 1. The number of phosphoric acid groups is 1. The lowest BCUT2D eigenvalue weighted by Crippen LogP contribution is -2.45. The van der Waals surface area contributed by atoms with Crippen LogP contribution in [0.4, 0.5) is 0 Å². The van der Waals surface area contributed by atoms with Gasteiger partial charge in [-0.05, 0) is 103 Å². The van der Waals surface area contributed by atoms with E-state index >= 15 is 0 Å². The zero-order chi connectivity index (χ0) is 45.7. The van der Waals surface area contributed by atoms with E-state index < -0.39 is 20.0 Å². The molecule has 0 aromatic carbocycles. The zero-order valence-corrected chi connectivity index (χ0v) is 40.4. The van der Waals surface area contributed by atoms with Crippen molar-refractivity contribution in [2.45, 2.75) is 154 Å². The largest absolute Gasteiger partial charge is 0.472 e. The van der Waals surface area contributed by atoms with Crippen LogP contribution in [0, 0.1) is 0 Å². The molecular weight excluding hydrogens is 792 g/mol. The highest BCUT2D eigenvalue weighted by molar-refractivity contribution is 7.47. The molecule has 0 aliphatic carbocycles. The van der Waals surface area contributed by atoms with Crippen LogP contribution in [0.1, 0.15) is 142 Å². The Morgan fingerprint density at radius 1 is 0.565 bits per heavy atom. The highest BCUT2D eigenvalue weighted by Gasteiger charge is 2.27. The predicted octanol–water partition coefficient (Wildman–Crippen LogP) is 13.6. The molecule has 350 valence electrons. The topological polar surface area (TPSA) is 105 Å². The Labute approximate surface area is 379 Å². The number of carbonyl (C=O) groups is 1. The molecule has 0 rings (SSSR count). The van der Waals surface area contributed by atoms with Crippen molar-refractivity contribution in [3.63, 3.8) is 0 Å². The summed E-state index contributed by atoms with van der Waals surface area (Å²) >= 11 is 0. The summed E-state index contributed by atoms with van der Waals surface area (Å²) in [7, 11) is 1.50. The average Bonchev–Trinajstić information content (AvgIpc) is 3.23. The summed E-state index contributed by atoms with van der Waals surface area (Å²) in [5, 5.41) is 13.7. The van der Waals surface area contributed by atoms with Gasteiger partial charge in [0.2, 0.25) is 5.91 Å². The smallest absolute Gasteiger partial charge is 0.387 e. The maximum Gasteiger partial charge on any atom is 0.472 e. The molecule has 0 aliphatic heterocycles. The highest BCUT2D eigenvalue weighted by Crippen LogP contribution is 2.43. The maximum absolute atomic E-state index is 12.9. The van der Waals surface area contributed by atoms with Gasteiger partial charge < -0.3 is 19.8 Å². The first-order valence-electron chi connectivity index (χ1n) is 23.6. The number of rotatable bonds is 40. The number of aliphatic hydroxyl groups excluding tert-OH is 1. The monoisotopic (exact) mass is 880 g/mol. The molecule has 0 aromatic heterocycles. The van der Waals surface area contributed by atoms with E-state index in [9.17, 15) is 19.4 Å². The number of aliphatic hydroxyl groups is 1. The van der Waals surface area contributed by atoms with Gasteiger partial charge in [0.05, 0.1) is 39.9 Å². The standard InChI is InChI=1S/C53H87N2O6P/c1-6-8-10-12-14-16-18-19-20-21-22-23-24-25-26-27-28-29-30-31-32-33-34-35-37-39-41-43-45-47-53(57)54-51(50-61-62(58,59)60-49-48-55(3,4)5)52(56)46-44-42-40-38-36-17-15-13-11-9-7-2/h8,10-11,13-14,16,19-20,22-23,25-26,28-29,31-32,34-36,38,44,46,51-52,56H,6-7,9,12,15,17-18,21,24,27,30,33,37,39-43,45,47-50H2,1-5H3,(H-,54,57,58,59)/p+1/b10-8-,13-11+,16-14-,20-19-,23-22-,26-25-,29-28-,32-31-,35-34-,38-36+,46-44+. The van der Waals surface area contributed by atoms with Crippen LogP contribution in [0.25, 0.3) is 0 Å². The minimum atomic E-state index is -4.37. The summed E-state index contributed by atoms with van der Waals surface area (Å²) in [5.74, 6) is -0.226. The van der Waals surface area contributed by atoms with Gasteiger partial charge in [0.1, 0.15) is 13.2 Å². The van der Waals surface area contributed by atoms with E-state index in [1.54, 1.807) is 6.08 Å². The maximum atomic E-state index is 12.9. The lowest BCUT2D eigenvalue weighted by atomic mass is 10.1. The Kier molecular flexibility index (Phi) is 40.6. The summed E-state index contributed by atoms with van der Waals surface area (Å²) < 4.78 is 23.5. The molecule has 0 heterocycles. The van der Waals surface area contributed by atoms with E-state index in [1.807, 2.05) is 27.2 Å². The summed E-state index contributed by atoms with van der Waals surface area (Å²) in [5.41, 5.74) is 0. The van der Waals surface area contributed by atoms with Crippen LogP contribution in [0.3, 0.4) is 0 Å². The molecule has 0 aliphatic rings. The molecule has 0 saturated heterocycles. The first kappa shape index (κ1) is 58.6. The van der Waals surface area contributed by atoms with Gasteiger partial charge in [0.15, 0.2) is 0 Å². The second-order valence-corrected chi connectivity index (χ2v) is 17.8. The molecular formula is C53H88N2O6P+. The van der Waals surface area contributed by atoms with Crippen molar-refractivity contribution < 1.29 is 32.9 Å². The van der Waals surface area contributed by atoms with Crippen molar-refractivity contribution in [3.8, 4) is 0 Å². The molecule has 0 bridgehead atoms. The minimum Gasteiger partial charge on any atom is -0.387 e. The van der Waals surface area contributed by atoms with E-state index in [4.69, 9.17) is 9.05 Å². The van der Waals surface area contributed by atoms with Gasteiger partial charge in [-0.25, -0.2) is 4.57 Å². The van der Waals surface area contributed by atoms with Gasteiger partial charge in [-0.2, -0.15) is 0 Å². The number of hydrogen-bond donors (Lipinski definition) is 3. The van der Waals surface area contributed by atoms with Gasteiger partial charge in [-0.3, -0.25) is 13.8 Å². The van der Waals surface area contributed by atoms with E-state index in [1.165, 1.54) is 0 Å². The Morgan fingerprint density at radius 3 is 1.45 bits per heavy atom. The Morgan fingerprint density at radius 2 is 0.984 bits per heavy atom. The number of quaternary nitrogens is 1. The number of hydrogen-bond acceptors (Lipinski definition) is 5. The minimum absolute atomic E-state index is 0.0396. The van der Waals surface area contributed by atoms with Gasteiger partial charge in [-0.1, -0.05) is 167 Å². The molecule has 0 saturated carbocycles. The second kappa shape index (κ2) is 42.9. The SMILES string of the molecule is CC/C=C\C/C=C\C/C=C\C/C=C\C/C=C\C/C=C\C/C=C\C/C=C\CCCCCCC(=O)NC(COP(=O)(O)OCC[N+](C)(C)C)C(O)/C=C/CC/C=C/CC/C=C/CCC. The summed E-state index contributed by atoms with van der Waals surface area (Å²) in [6.45, 7) is 4.53.